The Bertz CT molecular complexity index is 2060. The maximum absolute atomic E-state index is 11.7. The van der Waals surface area contributed by atoms with E-state index in [2.05, 4.69) is 0 Å². The van der Waals surface area contributed by atoms with Gasteiger partial charge >= 0.3 is 0 Å². The zero-order chi connectivity index (χ0) is 38.4. The Labute approximate surface area is 328 Å². The van der Waals surface area contributed by atoms with E-state index in [9.17, 15) is 4.79 Å². The Morgan fingerprint density at radius 1 is 0.500 bits per heavy atom. The first-order valence-electron chi connectivity index (χ1n) is 19.0. The molecule has 1 saturated heterocycles. The van der Waals surface area contributed by atoms with Crippen molar-refractivity contribution in [3.05, 3.63) is 209 Å². The van der Waals surface area contributed by atoms with Gasteiger partial charge in [-0.2, -0.15) is 0 Å². The first-order valence-corrected chi connectivity index (χ1v) is 19.0. The zero-order valence-electron chi connectivity index (χ0n) is 31.2. The third kappa shape index (κ3) is 10.8. The van der Waals surface area contributed by atoms with Crippen molar-refractivity contribution in [1.82, 2.24) is 0 Å². The SMILES string of the molecule is NC(=O)c1ccc(Cc2ccccc2O[C@@H]2O[C@H](COCc3ccccc3)[C@@H](OCc3ccccc3)[C@H](OCc3ccccc3)[C@H]2OCc2ccccc2)cc1. The molecule has 8 heteroatoms. The van der Waals surface area contributed by atoms with Crippen molar-refractivity contribution in [1.29, 1.82) is 0 Å². The van der Waals surface area contributed by atoms with Gasteiger partial charge in [0, 0.05) is 12.0 Å². The lowest BCUT2D eigenvalue weighted by Crippen LogP contribution is -2.62. The highest BCUT2D eigenvalue weighted by atomic mass is 16.7. The first kappa shape index (κ1) is 38.7. The number of primary amides is 1. The van der Waals surface area contributed by atoms with Crippen LogP contribution in [0.25, 0.3) is 0 Å². The zero-order valence-corrected chi connectivity index (χ0v) is 31.2. The molecule has 0 unspecified atom stereocenters. The predicted molar refractivity (Wildman–Crippen MR) is 215 cm³/mol. The number of hydrogen-bond donors (Lipinski definition) is 1. The second-order valence-corrected chi connectivity index (χ2v) is 13.8. The van der Waals surface area contributed by atoms with Crippen molar-refractivity contribution >= 4 is 5.91 Å². The second-order valence-electron chi connectivity index (χ2n) is 13.8. The van der Waals surface area contributed by atoms with E-state index in [0.29, 0.717) is 44.2 Å². The summed E-state index contributed by atoms with van der Waals surface area (Å²) in [4.78, 5) is 11.7. The average molecular weight is 750 g/mol. The van der Waals surface area contributed by atoms with E-state index in [4.69, 9.17) is 34.2 Å². The Morgan fingerprint density at radius 2 is 0.964 bits per heavy atom. The fraction of sp³-hybridized carbons (Fsp3) is 0.229. The summed E-state index contributed by atoms with van der Waals surface area (Å²) in [5, 5.41) is 0. The third-order valence-electron chi connectivity index (χ3n) is 9.69. The van der Waals surface area contributed by atoms with E-state index >= 15 is 0 Å². The van der Waals surface area contributed by atoms with Crippen LogP contribution in [0.4, 0.5) is 0 Å². The molecule has 1 fully saturated rings. The minimum Gasteiger partial charge on any atom is -0.462 e. The summed E-state index contributed by atoms with van der Waals surface area (Å²) >= 11 is 0. The number of benzene rings is 6. The van der Waals surface area contributed by atoms with Gasteiger partial charge in [-0.1, -0.05) is 152 Å². The number of rotatable bonds is 18. The van der Waals surface area contributed by atoms with Gasteiger partial charge in [0.25, 0.3) is 0 Å². The Kier molecular flexibility index (Phi) is 13.7. The normalized spacial score (nSPS) is 19.3. The predicted octanol–water partition coefficient (Wildman–Crippen LogP) is 8.45. The van der Waals surface area contributed by atoms with E-state index in [1.54, 1.807) is 12.1 Å². The third-order valence-corrected chi connectivity index (χ3v) is 9.69. The average Bonchev–Trinajstić information content (AvgIpc) is 3.24. The van der Waals surface area contributed by atoms with Gasteiger partial charge in [-0.3, -0.25) is 4.79 Å². The van der Waals surface area contributed by atoms with Gasteiger partial charge in [-0.15, -0.1) is 0 Å². The largest absolute Gasteiger partial charge is 0.462 e. The van der Waals surface area contributed by atoms with Crippen LogP contribution in [-0.2, 0) is 56.5 Å². The lowest BCUT2D eigenvalue weighted by Gasteiger charge is -2.46. The molecule has 7 rings (SSSR count). The summed E-state index contributed by atoms with van der Waals surface area (Å²) in [6.07, 6.45) is -2.86. The molecule has 0 bridgehead atoms. The van der Waals surface area contributed by atoms with E-state index in [-0.39, 0.29) is 6.61 Å². The highest BCUT2D eigenvalue weighted by molar-refractivity contribution is 5.92. The van der Waals surface area contributed by atoms with Crippen LogP contribution >= 0.6 is 0 Å². The molecule has 1 heterocycles. The fourth-order valence-electron chi connectivity index (χ4n) is 6.74. The topological polar surface area (TPSA) is 98.5 Å². The van der Waals surface area contributed by atoms with Crippen molar-refractivity contribution in [3.8, 4) is 5.75 Å². The molecule has 286 valence electrons. The van der Waals surface area contributed by atoms with E-state index in [1.165, 1.54) is 0 Å². The van der Waals surface area contributed by atoms with E-state index < -0.39 is 36.6 Å². The molecule has 6 aromatic rings. The number of nitrogens with two attached hydrogens (primary N) is 1. The minimum atomic E-state index is -0.903. The van der Waals surface area contributed by atoms with Gasteiger partial charge in [0.2, 0.25) is 12.2 Å². The van der Waals surface area contributed by atoms with Crippen molar-refractivity contribution in [3.63, 3.8) is 0 Å². The molecule has 1 aliphatic heterocycles. The monoisotopic (exact) mass is 749 g/mol. The Morgan fingerprint density at radius 3 is 1.50 bits per heavy atom. The summed E-state index contributed by atoms with van der Waals surface area (Å²) in [6.45, 7) is 1.58. The summed E-state index contributed by atoms with van der Waals surface area (Å²) < 4.78 is 40.7. The molecule has 0 aromatic heterocycles. The standard InChI is InChI=1S/C48H47NO7/c49-47(50)40-27-25-35(26-28-40)29-41-23-13-14-24-42(41)55-48-46(54-33-39-21-11-4-12-22-39)45(53-32-38-19-9-3-10-20-38)44(52-31-37-17-7-2-8-18-37)43(56-48)34-51-30-36-15-5-1-6-16-36/h1-28,43-46,48H,29-34H2,(H2,49,50)/t43-,44-,45+,46-,48-/m1/s1. The Balaban J connectivity index is 1.22. The van der Waals surface area contributed by atoms with E-state index in [0.717, 1.165) is 33.4 Å². The fourth-order valence-corrected chi connectivity index (χ4v) is 6.74. The molecule has 0 radical (unpaired) electrons. The summed E-state index contributed by atoms with van der Waals surface area (Å²) in [5.41, 5.74) is 12.0. The quantitative estimate of drug-likeness (QED) is 0.0942. The molecule has 56 heavy (non-hydrogen) atoms. The van der Waals surface area contributed by atoms with Gasteiger partial charge < -0.3 is 34.2 Å². The first-order chi connectivity index (χ1) is 27.6. The maximum Gasteiger partial charge on any atom is 0.248 e. The van der Waals surface area contributed by atoms with Gasteiger partial charge in [-0.25, -0.2) is 0 Å². The number of hydrogen-bond acceptors (Lipinski definition) is 7. The van der Waals surface area contributed by atoms with Gasteiger partial charge in [0.05, 0.1) is 33.0 Å². The second kappa shape index (κ2) is 19.8. The smallest absolute Gasteiger partial charge is 0.248 e. The van der Waals surface area contributed by atoms with Crippen molar-refractivity contribution in [2.45, 2.75) is 63.6 Å². The number of para-hydroxylation sites is 1. The molecule has 1 amide bonds. The highest BCUT2D eigenvalue weighted by Crippen LogP contribution is 2.34. The maximum atomic E-state index is 11.7. The molecule has 0 spiro atoms. The number of carbonyl (C=O) groups excluding carboxylic acids is 1. The molecule has 5 atom stereocenters. The van der Waals surface area contributed by atoms with Crippen LogP contribution in [-0.4, -0.2) is 43.2 Å². The van der Waals surface area contributed by atoms with E-state index in [1.807, 2.05) is 158 Å². The highest BCUT2D eigenvalue weighted by Gasteiger charge is 2.50. The molecule has 2 N–H and O–H groups in total. The minimum absolute atomic E-state index is 0.221. The number of ether oxygens (including phenoxy) is 6. The summed E-state index contributed by atoms with van der Waals surface area (Å²) in [6, 6.07) is 55.4. The van der Waals surface area contributed by atoms with Crippen LogP contribution in [0.1, 0.15) is 43.7 Å². The summed E-state index contributed by atoms with van der Waals surface area (Å²) in [5.74, 6) is 0.174. The Hall–Kier alpha value is -5.61. The molecular weight excluding hydrogens is 703 g/mol. The summed E-state index contributed by atoms with van der Waals surface area (Å²) in [7, 11) is 0. The molecule has 0 saturated carbocycles. The lowest BCUT2D eigenvalue weighted by molar-refractivity contribution is -0.310. The van der Waals surface area contributed by atoms with Crippen molar-refractivity contribution < 1.29 is 33.2 Å². The number of carbonyl (C=O) groups is 1. The van der Waals surface area contributed by atoms with Gasteiger partial charge in [0.1, 0.15) is 30.2 Å². The molecular formula is C48H47NO7. The van der Waals surface area contributed by atoms with Crippen LogP contribution in [0.2, 0.25) is 0 Å². The van der Waals surface area contributed by atoms with Crippen LogP contribution in [0.5, 0.6) is 5.75 Å². The van der Waals surface area contributed by atoms with Gasteiger partial charge in [-0.05, 0) is 51.6 Å². The lowest BCUT2D eigenvalue weighted by atomic mass is 9.97. The van der Waals surface area contributed by atoms with Crippen LogP contribution < -0.4 is 10.5 Å². The van der Waals surface area contributed by atoms with Crippen LogP contribution in [0.15, 0.2) is 170 Å². The van der Waals surface area contributed by atoms with Crippen LogP contribution in [0.3, 0.4) is 0 Å². The van der Waals surface area contributed by atoms with Crippen LogP contribution in [0, 0.1) is 0 Å². The molecule has 0 aliphatic carbocycles. The molecule has 8 nitrogen and oxygen atoms in total. The van der Waals surface area contributed by atoms with Crippen molar-refractivity contribution in [2.75, 3.05) is 6.61 Å². The molecule has 6 aromatic carbocycles. The van der Waals surface area contributed by atoms with Gasteiger partial charge in [0.15, 0.2) is 0 Å². The molecule has 1 aliphatic rings. The van der Waals surface area contributed by atoms with Crippen molar-refractivity contribution in [2.24, 2.45) is 5.73 Å². The number of amides is 1.